The zero-order valence-electron chi connectivity index (χ0n) is 11.9. The number of ether oxygens (including phenoxy) is 5. The molecule has 22 heavy (non-hydrogen) atoms. The molecule has 0 radical (unpaired) electrons. The molecule has 2 bridgehead atoms. The quantitative estimate of drug-likeness (QED) is 0.759. The second-order valence-corrected chi connectivity index (χ2v) is 5.04. The number of hydrogen-bond acceptors (Lipinski definition) is 7. The van der Waals surface area contributed by atoms with Crippen molar-refractivity contribution in [3.05, 3.63) is 34.4 Å². The second kappa shape index (κ2) is 4.48. The summed E-state index contributed by atoms with van der Waals surface area (Å²) in [5.74, 6) is -0.00935. The van der Waals surface area contributed by atoms with Crippen LogP contribution in [0.25, 0.3) is 0 Å². The van der Waals surface area contributed by atoms with Crippen LogP contribution in [-0.4, -0.2) is 33.0 Å². The van der Waals surface area contributed by atoms with E-state index in [9.17, 15) is 9.59 Å². The van der Waals surface area contributed by atoms with E-state index in [2.05, 4.69) is 0 Å². The average molecular weight is 304 g/mol. The number of carbonyl (C=O) groups is 2. The molecule has 0 aliphatic carbocycles. The Morgan fingerprint density at radius 2 is 1.41 bits per heavy atom. The highest BCUT2D eigenvalue weighted by Gasteiger charge is 2.51. The molecule has 7 heteroatoms. The van der Waals surface area contributed by atoms with Gasteiger partial charge in [-0.2, -0.15) is 0 Å². The lowest BCUT2D eigenvalue weighted by atomic mass is 9.85. The van der Waals surface area contributed by atoms with E-state index in [1.54, 1.807) is 12.1 Å². The van der Waals surface area contributed by atoms with Gasteiger partial charge in [-0.1, -0.05) is 0 Å². The molecule has 0 unspecified atom stereocenters. The van der Waals surface area contributed by atoms with Crippen LogP contribution in [-0.2, 0) is 23.8 Å². The molecule has 4 rings (SSSR count). The van der Waals surface area contributed by atoms with E-state index < -0.39 is 24.1 Å². The van der Waals surface area contributed by atoms with Gasteiger partial charge in [0.05, 0.1) is 25.4 Å². The summed E-state index contributed by atoms with van der Waals surface area (Å²) in [4.78, 5) is 24.1. The third-order valence-corrected chi connectivity index (χ3v) is 4.04. The lowest BCUT2D eigenvalue weighted by Crippen LogP contribution is -2.19. The fraction of sp³-hybridized carbons (Fsp3) is 0.333. The van der Waals surface area contributed by atoms with Gasteiger partial charge in [0.1, 0.15) is 12.2 Å². The molecule has 1 aromatic carbocycles. The highest BCUT2D eigenvalue weighted by molar-refractivity contribution is 6.04. The Bertz CT molecular complexity index is 675. The Hall–Kier alpha value is -2.54. The number of hydrogen-bond donors (Lipinski definition) is 0. The van der Waals surface area contributed by atoms with E-state index >= 15 is 0 Å². The lowest BCUT2D eigenvalue weighted by molar-refractivity contribution is -0.139. The van der Waals surface area contributed by atoms with Crippen molar-refractivity contribution in [3.63, 3.8) is 0 Å². The summed E-state index contributed by atoms with van der Waals surface area (Å²) in [6.07, 6.45) is -1.31. The van der Waals surface area contributed by atoms with Gasteiger partial charge in [0.2, 0.25) is 6.79 Å². The molecule has 1 aromatic rings. The highest BCUT2D eigenvalue weighted by Crippen LogP contribution is 2.56. The van der Waals surface area contributed by atoms with Crippen LogP contribution in [0.2, 0.25) is 0 Å². The number of fused-ring (bicyclic) bond motifs is 6. The minimum atomic E-state index is -0.656. The predicted octanol–water partition coefficient (Wildman–Crippen LogP) is 1.18. The van der Waals surface area contributed by atoms with Crippen molar-refractivity contribution < 1.29 is 33.3 Å². The lowest BCUT2D eigenvalue weighted by Gasteiger charge is -2.17. The number of benzene rings is 1. The number of esters is 2. The van der Waals surface area contributed by atoms with Crippen LogP contribution in [0.5, 0.6) is 11.5 Å². The van der Waals surface area contributed by atoms with Crippen LogP contribution in [0, 0.1) is 0 Å². The molecule has 114 valence electrons. The minimum Gasteiger partial charge on any atom is -0.466 e. The van der Waals surface area contributed by atoms with E-state index in [1.807, 2.05) is 0 Å². The maximum absolute atomic E-state index is 12.1. The number of carbonyl (C=O) groups excluding carboxylic acids is 2. The maximum atomic E-state index is 12.1. The minimum absolute atomic E-state index is 0.148. The first kappa shape index (κ1) is 13.1. The van der Waals surface area contributed by atoms with Gasteiger partial charge in [0, 0.05) is 0 Å². The van der Waals surface area contributed by atoms with Crippen LogP contribution in [0.1, 0.15) is 23.3 Å². The molecular formula is C15H12O7. The predicted molar refractivity (Wildman–Crippen MR) is 70.2 cm³/mol. The molecule has 0 aromatic heterocycles. The summed E-state index contributed by atoms with van der Waals surface area (Å²) in [7, 11) is 2.52. The Balaban J connectivity index is 1.87. The van der Waals surface area contributed by atoms with Gasteiger partial charge in [-0.3, -0.25) is 0 Å². The number of rotatable bonds is 2. The molecule has 0 saturated heterocycles. The van der Waals surface area contributed by atoms with Crippen molar-refractivity contribution in [1.82, 2.24) is 0 Å². The third kappa shape index (κ3) is 1.54. The molecule has 3 aliphatic rings. The first-order valence-electron chi connectivity index (χ1n) is 6.65. The largest absolute Gasteiger partial charge is 0.466 e. The summed E-state index contributed by atoms with van der Waals surface area (Å²) in [5.41, 5.74) is 1.93. The SMILES string of the molecule is COC(=O)C1=C(C(=O)OC)[C@@H]2O[C@H]1c1cc3c(cc12)OCO3. The zero-order valence-corrected chi connectivity index (χ0v) is 11.9. The second-order valence-electron chi connectivity index (χ2n) is 5.04. The van der Waals surface area contributed by atoms with E-state index in [0.29, 0.717) is 11.5 Å². The Kier molecular flexibility index (Phi) is 2.67. The van der Waals surface area contributed by atoms with E-state index in [0.717, 1.165) is 11.1 Å². The van der Waals surface area contributed by atoms with Crippen molar-refractivity contribution in [3.8, 4) is 11.5 Å². The topological polar surface area (TPSA) is 80.3 Å². The first-order chi connectivity index (χ1) is 10.7. The first-order valence-corrected chi connectivity index (χ1v) is 6.65. The number of methoxy groups -OCH3 is 2. The highest BCUT2D eigenvalue weighted by atomic mass is 16.7. The molecule has 0 amide bonds. The van der Waals surface area contributed by atoms with E-state index in [1.165, 1.54) is 14.2 Å². The van der Waals surface area contributed by atoms with Crippen molar-refractivity contribution in [2.45, 2.75) is 12.2 Å². The Labute approximate surface area is 125 Å². The van der Waals surface area contributed by atoms with Gasteiger partial charge < -0.3 is 23.7 Å². The molecule has 0 spiro atoms. The van der Waals surface area contributed by atoms with Gasteiger partial charge >= 0.3 is 11.9 Å². The van der Waals surface area contributed by atoms with Crippen LogP contribution in [0.3, 0.4) is 0 Å². The molecule has 0 N–H and O–H groups in total. The van der Waals surface area contributed by atoms with Gasteiger partial charge in [-0.25, -0.2) is 9.59 Å². The average Bonchev–Trinajstić information content (AvgIpc) is 3.23. The summed E-state index contributed by atoms with van der Waals surface area (Å²) in [6, 6.07) is 3.55. The summed E-state index contributed by atoms with van der Waals surface area (Å²) < 4.78 is 26.1. The zero-order chi connectivity index (χ0) is 15.4. The Morgan fingerprint density at radius 3 is 1.82 bits per heavy atom. The van der Waals surface area contributed by atoms with Gasteiger partial charge in [-0.15, -0.1) is 0 Å². The molecular weight excluding hydrogens is 292 g/mol. The fourth-order valence-corrected chi connectivity index (χ4v) is 3.09. The standard InChI is InChI=1S/C15H12O7/c1-18-14(16)10-11(15(17)19-2)13-7-4-9-8(20-5-21-9)3-6(7)12(10)22-13/h3-4,12-13H,5H2,1-2H3/t12-,13+. The summed E-state index contributed by atoms with van der Waals surface area (Å²) in [5, 5.41) is 0. The van der Waals surface area contributed by atoms with E-state index in [-0.39, 0.29) is 17.9 Å². The van der Waals surface area contributed by atoms with Crippen molar-refractivity contribution in [2.75, 3.05) is 21.0 Å². The summed E-state index contributed by atoms with van der Waals surface area (Å²) in [6.45, 7) is 0.148. The summed E-state index contributed by atoms with van der Waals surface area (Å²) >= 11 is 0. The van der Waals surface area contributed by atoms with Crippen molar-refractivity contribution in [1.29, 1.82) is 0 Å². The normalized spacial score (nSPS) is 23.5. The smallest absolute Gasteiger partial charge is 0.337 e. The van der Waals surface area contributed by atoms with Crippen LogP contribution >= 0.6 is 0 Å². The maximum Gasteiger partial charge on any atom is 0.337 e. The molecule has 3 heterocycles. The van der Waals surface area contributed by atoms with Gasteiger partial charge in [0.25, 0.3) is 0 Å². The van der Waals surface area contributed by atoms with Crippen molar-refractivity contribution >= 4 is 11.9 Å². The van der Waals surface area contributed by atoms with Crippen LogP contribution in [0.15, 0.2) is 23.3 Å². The molecule has 2 atom stereocenters. The fourth-order valence-electron chi connectivity index (χ4n) is 3.09. The van der Waals surface area contributed by atoms with E-state index in [4.69, 9.17) is 23.7 Å². The molecule has 3 aliphatic heterocycles. The third-order valence-electron chi connectivity index (χ3n) is 4.04. The molecule has 0 saturated carbocycles. The monoisotopic (exact) mass is 304 g/mol. The van der Waals surface area contributed by atoms with Gasteiger partial charge in [-0.05, 0) is 23.3 Å². The van der Waals surface area contributed by atoms with Crippen LogP contribution in [0.4, 0.5) is 0 Å². The molecule has 7 nitrogen and oxygen atoms in total. The van der Waals surface area contributed by atoms with Gasteiger partial charge in [0.15, 0.2) is 11.5 Å². The molecule has 0 fully saturated rings. The van der Waals surface area contributed by atoms with Crippen LogP contribution < -0.4 is 9.47 Å². The Morgan fingerprint density at radius 1 is 0.955 bits per heavy atom. The van der Waals surface area contributed by atoms with Crippen molar-refractivity contribution in [2.24, 2.45) is 0 Å².